The molecule has 0 aliphatic carbocycles. The van der Waals surface area contributed by atoms with Gasteiger partial charge in [0, 0.05) is 25.7 Å². The molecule has 0 saturated heterocycles. The highest BCUT2D eigenvalue weighted by atomic mass is 31.2. The fourth-order valence-corrected chi connectivity index (χ4v) is 13.9. The van der Waals surface area contributed by atoms with Crippen LogP contribution in [0.1, 0.15) is 426 Å². The second-order valence-corrected chi connectivity index (χ2v) is 31.4. The average molecular weight is 1440 g/mol. The van der Waals surface area contributed by atoms with Crippen molar-refractivity contribution in [2.75, 3.05) is 39.6 Å². The molecule has 0 saturated carbocycles. The molecule has 2 unspecified atom stereocenters. The zero-order chi connectivity index (χ0) is 71.8. The molecular weight excluding hydrogens is 1280 g/mol. The van der Waals surface area contributed by atoms with Gasteiger partial charge in [-0.3, -0.25) is 37.3 Å². The first-order valence-electron chi connectivity index (χ1n) is 41.3. The van der Waals surface area contributed by atoms with Gasteiger partial charge in [-0.2, -0.15) is 0 Å². The van der Waals surface area contributed by atoms with Crippen LogP contribution in [0.3, 0.4) is 0 Å². The molecule has 0 radical (unpaired) electrons. The van der Waals surface area contributed by atoms with E-state index in [-0.39, 0.29) is 25.7 Å². The van der Waals surface area contributed by atoms with Crippen molar-refractivity contribution in [3.63, 3.8) is 0 Å². The predicted molar refractivity (Wildman–Crippen MR) is 400 cm³/mol. The molecule has 3 N–H and O–H groups in total. The van der Waals surface area contributed by atoms with E-state index in [1.54, 1.807) is 0 Å². The Labute approximate surface area is 600 Å². The van der Waals surface area contributed by atoms with Gasteiger partial charge in [0.2, 0.25) is 0 Å². The first kappa shape index (κ1) is 96.1. The number of carbonyl (C=O) groups excluding carboxylic acids is 4. The van der Waals surface area contributed by atoms with E-state index in [0.29, 0.717) is 25.7 Å². The largest absolute Gasteiger partial charge is 0.472 e. The Morgan fingerprint density at radius 1 is 0.245 bits per heavy atom. The smallest absolute Gasteiger partial charge is 0.462 e. The van der Waals surface area contributed by atoms with E-state index in [2.05, 4.69) is 27.7 Å². The number of esters is 4. The molecule has 0 fully saturated rings. The third kappa shape index (κ3) is 72.4. The summed E-state index contributed by atoms with van der Waals surface area (Å²) in [4.78, 5) is 72.8. The second-order valence-electron chi connectivity index (χ2n) is 28.5. The van der Waals surface area contributed by atoms with Gasteiger partial charge in [0.1, 0.15) is 19.3 Å². The number of phosphoric ester groups is 2. The first-order valence-corrected chi connectivity index (χ1v) is 44.3. The second kappa shape index (κ2) is 73.4. The highest BCUT2D eigenvalue weighted by molar-refractivity contribution is 7.47. The first-order chi connectivity index (χ1) is 47.7. The molecule has 0 aliphatic rings. The Kier molecular flexibility index (Phi) is 71.9. The van der Waals surface area contributed by atoms with E-state index in [0.717, 1.165) is 103 Å². The van der Waals surface area contributed by atoms with Crippen molar-refractivity contribution >= 4 is 39.5 Å². The number of rotatable bonds is 80. The van der Waals surface area contributed by atoms with Crippen molar-refractivity contribution in [2.45, 2.75) is 444 Å². The third-order valence-electron chi connectivity index (χ3n) is 18.6. The van der Waals surface area contributed by atoms with Crippen molar-refractivity contribution in [3.05, 3.63) is 0 Å². The van der Waals surface area contributed by atoms with Crippen LogP contribution in [0.15, 0.2) is 0 Å². The summed E-state index contributed by atoms with van der Waals surface area (Å²) < 4.78 is 68.5. The van der Waals surface area contributed by atoms with Crippen LogP contribution in [-0.4, -0.2) is 96.7 Å². The van der Waals surface area contributed by atoms with E-state index in [4.69, 9.17) is 37.0 Å². The van der Waals surface area contributed by atoms with Gasteiger partial charge in [-0.15, -0.1) is 0 Å². The number of carbonyl (C=O) groups is 4. The molecule has 19 heteroatoms. The number of hydrogen-bond acceptors (Lipinski definition) is 15. The molecule has 0 spiro atoms. The number of unbranched alkanes of at least 4 members (excludes halogenated alkanes) is 54. The van der Waals surface area contributed by atoms with E-state index in [1.807, 2.05) is 0 Å². The number of phosphoric acid groups is 2. The molecule has 582 valence electrons. The van der Waals surface area contributed by atoms with Crippen LogP contribution in [-0.2, 0) is 65.4 Å². The van der Waals surface area contributed by atoms with E-state index < -0.39 is 97.5 Å². The fourth-order valence-electron chi connectivity index (χ4n) is 12.3. The van der Waals surface area contributed by atoms with Gasteiger partial charge in [-0.25, -0.2) is 9.13 Å². The number of hydrogen-bond donors (Lipinski definition) is 3. The monoisotopic (exact) mass is 1440 g/mol. The van der Waals surface area contributed by atoms with Crippen molar-refractivity contribution in [2.24, 2.45) is 0 Å². The van der Waals surface area contributed by atoms with E-state index in [9.17, 15) is 43.2 Å². The van der Waals surface area contributed by atoms with Gasteiger partial charge in [-0.05, 0) is 25.7 Å². The quantitative estimate of drug-likeness (QED) is 0.0222. The highest BCUT2D eigenvalue weighted by Crippen LogP contribution is 2.45. The lowest BCUT2D eigenvalue weighted by molar-refractivity contribution is -0.161. The Balaban J connectivity index is 5.15. The van der Waals surface area contributed by atoms with Crippen LogP contribution < -0.4 is 0 Å². The van der Waals surface area contributed by atoms with Gasteiger partial charge in [-0.1, -0.05) is 374 Å². The van der Waals surface area contributed by atoms with E-state index in [1.165, 1.54) is 244 Å². The summed E-state index contributed by atoms with van der Waals surface area (Å²) >= 11 is 0. The summed E-state index contributed by atoms with van der Waals surface area (Å²) in [6.07, 6.45) is 65.4. The summed E-state index contributed by atoms with van der Waals surface area (Å²) in [5, 5.41) is 10.6. The Bertz CT molecular complexity index is 1860. The Hall–Kier alpha value is -1.94. The third-order valence-corrected chi connectivity index (χ3v) is 20.5. The van der Waals surface area contributed by atoms with Crippen LogP contribution >= 0.6 is 15.6 Å². The van der Waals surface area contributed by atoms with Gasteiger partial charge in [0.15, 0.2) is 12.2 Å². The van der Waals surface area contributed by atoms with Crippen LogP contribution in [0.5, 0.6) is 0 Å². The molecule has 0 aromatic rings. The van der Waals surface area contributed by atoms with Gasteiger partial charge in [0.05, 0.1) is 26.4 Å². The lowest BCUT2D eigenvalue weighted by Crippen LogP contribution is -2.30. The van der Waals surface area contributed by atoms with Crippen LogP contribution in [0.25, 0.3) is 0 Å². The minimum atomic E-state index is -4.96. The van der Waals surface area contributed by atoms with E-state index >= 15 is 0 Å². The SMILES string of the molecule is CCCCCCCCCCCCCCCCCCCCCCCCC(=O)O[C@H](COC(=O)CCCCCCCCCCCCCCCCCC)COP(=O)(O)OC[C@@H](O)COP(=O)(O)OC[C@@H](COC(=O)CCCCCCCCC)OC(=O)CCCCCCCCCCCCCCC. The molecule has 0 aromatic heterocycles. The minimum Gasteiger partial charge on any atom is -0.462 e. The van der Waals surface area contributed by atoms with Crippen LogP contribution in [0.2, 0.25) is 0 Å². The molecular formula is C79H154O17P2. The van der Waals surface area contributed by atoms with Crippen molar-refractivity contribution in [3.8, 4) is 0 Å². The minimum absolute atomic E-state index is 0.108. The molecule has 17 nitrogen and oxygen atoms in total. The van der Waals surface area contributed by atoms with Crippen molar-refractivity contribution in [1.29, 1.82) is 0 Å². The average Bonchev–Trinajstić information content (AvgIpc) is 0.969. The molecule has 0 aliphatic heterocycles. The lowest BCUT2D eigenvalue weighted by Gasteiger charge is -2.21. The molecule has 0 heterocycles. The summed E-state index contributed by atoms with van der Waals surface area (Å²) in [6, 6.07) is 0. The van der Waals surface area contributed by atoms with Crippen molar-refractivity contribution in [1.82, 2.24) is 0 Å². The Morgan fingerprint density at radius 3 is 0.602 bits per heavy atom. The normalized spacial score (nSPS) is 13.8. The Morgan fingerprint density at radius 2 is 0.408 bits per heavy atom. The van der Waals surface area contributed by atoms with Crippen LogP contribution in [0, 0.1) is 0 Å². The summed E-state index contributed by atoms with van der Waals surface area (Å²) in [5.74, 6) is -2.11. The molecule has 0 amide bonds. The summed E-state index contributed by atoms with van der Waals surface area (Å²) in [6.45, 7) is 4.97. The number of ether oxygens (including phenoxy) is 4. The highest BCUT2D eigenvalue weighted by Gasteiger charge is 2.30. The maximum atomic E-state index is 13.1. The van der Waals surface area contributed by atoms with Crippen LogP contribution in [0.4, 0.5) is 0 Å². The number of aliphatic hydroxyl groups is 1. The number of aliphatic hydroxyl groups excluding tert-OH is 1. The standard InChI is InChI=1S/C79H154O17P2/c1-5-9-13-17-21-24-27-30-32-34-35-36-37-38-39-41-44-47-50-54-58-62-66-79(84)96-75(70-90-77(82)64-60-56-52-48-45-43-40-33-31-28-25-22-18-14-10-6-2)72-94-98(87,88)92-68-73(80)67-91-97(85,86)93-71-74(69-89-76(81)63-59-55-51-20-16-12-8-4)95-78(83)65-61-57-53-49-46-42-29-26-23-19-15-11-7-3/h73-75,80H,5-72H2,1-4H3,(H,85,86)(H,87,88)/t73-,74+,75+/m0/s1. The molecule has 5 atom stereocenters. The zero-order valence-electron chi connectivity index (χ0n) is 63.8. The summed E-state index contributed by atoms with van der Waals surface area (Å²) in [5.41, 5.74) is 0. The molecule has 98 heavy (non-hydrogen) atoms. The molecule has 0 aromatic carbocycles. The maximum absolute atomic E-state index is 13.1. The van der Waals surface area contributed by atoms with Gasteiger partial charge >= 0.3 is 39.5 Å². The molecule has 0 rings (SSSR count). The maximum Gasteiger partial charge on any atom is 0.472 e. The topological polar surface area (TPSA) is 237 Å². The summed E-state index contributed by atoms with van der Waals surface area (Å²) in [7, 11) is -9.91. The van der Waals surface area contributed by atoms with Gasteiger partial charge < -0.3 is 33.8 Å². The lowest BCUT2D eigenvalue weighted by atomic mass is 10.0. The van der Waals surface area contributed by atoms with Crippen molar-refractivity contribution < 1.29 is 80.2 Å². The zero-order valence-corrected chi connectivity index (χ0v) is 65.6. The van der Waals surface area contributed by atoms with Gasteiger partial charge in [0.25, 0.3) is 0 Å². The predicted octanol–water partition coefficient (Wildman–Crippen LogP) is 23.8. The fraction of sp³-hybridized carbons (Fsp3) is 0.949. The molecule has 0 bridgehead atoms.